The third-order valence-corrected chi connectivity index (χ3v) is 5.25. The second kappa shape index (κ2) is 6.82. The highest BCUT2D eigenvalue weighted by Crippen LogP contribution is 2.36. The van der Waals surface area contributed by atoms with Gasteiger partial charge in [-0.1, -0.05) is 0 Å². The van der Waals surface area contributed by atoms with E-state index >= 15 is 0 Å². The molecular formula is C19H22F3N3OS. The number of carbonyl (C=O) groups excluding carboxylic acids is 1. The third kappa shape index (κ3) is 3.67. The van der Waals surface area contributed by atoms with Crippen molar-refractivity contribution in [1.82, 2.24) is 14.5 Å². The Balaban J connectivity index is 1.94. The van der Waals surface area contributed by atoms with Crippen LogP contribution >= 0.6 is 12.2 Å². The minimum atomic E-state index is -1.16. The SMILES string of the molecule is Cn1c(CC(=O)NC(C)(C)C)c2n(c1=S)CC(c1c(F)ccc(F)c1F)C2. The Hall–Kier alpha value is -2.09. The van der Waals surface area contributed by atoms with Crippen molar-refractivity contribution < 1.29 is 18.0 Å². The van der Waals surface area contributed by atoms with Crippen LogP contribution in [0, 0.1) is 22.2 Å². The van der Waals surface area contributed by atoms with Crippen LogP contribution in [-0.2, 0) is 31.2 Å². The first-order chi connectivity index (χ1) is 12.5. The summed E-state index contributed by atoms with van der Waals surface area (Å²) in [4.78, 5) is 12.4. The maximum atomic E-state index is 14.2. The molecule has 1 amide bonds. The molecular weight excluding hydrogens is 375 g/mol. The fourth-order valence-corrected chi connectivity index (χ4v) is 3.94. The number of hydrogen-bond acceptors (Lipinski definition) is 2. The van der Waals surface area contributed by atoms with Gasteiger partial charge in [-0.25, -0.2) is 13.2 Å². The first-order valence-corrected chi connectivity index (χ1v) is 9.12. The van der Waals surface area contributed by atoms with Crippen molar-refractivity contribution in [3.8, 4) is 0 Å². The van der Waals surface area contributed by atoms with Gasteiger partial charge in [0.15, 0.2) is 16.4 Å². The van der Waals surface area contributed by atoms with Crippen LogP contribution in [0.15, 0.2) is 12.1 Å². The van der Waals surface area contributed by atoms with E-state index in [0.29, 0.717) is 16.9 Å². The average Bonchev–Trinajstić information content (AvgIpc) is 3.05. The second-order valence-electron chi connectivity index (χ2n) is 7.98. The highest BCUT2D eigenvalue weighted by Gasteiger charge is 2.33. The number of nitrogens with zero attached hydrogens (tertiary/aromatic N) is 2. The number of imidazole rings is 1. The molecule has 0 spiro atoms. The molecule has 4 nitrogen and oxygen atoms in total. The number of fused-ring (bicyclic) bond motifs is 1. The summed E-state index contributed by atoms with van der Waals surface area (Å²) < 4.78 is 46.0. The smallest absolute Gasteiger partial charge is 0.226 e. The quantitative estimate of drug-likeness (QED) is 0.633. The van der Waals surface area contributed by atoms with Crippen molar-refractivity contribution >= 4 is 18.1 Å². The topological polar surface area (TPSA) is 39.0 Å². The number of aromatic nitrogens is 2. The predicted octanol–water partition coefficient (Wildman–Crippen LogP) is 3.77. The van der Waals surface area contributed by atoms with E-state index in [4.69, 9.17) is 12.2 Å². The van der Waals surface area contributed by atoms with Crippen molar-refractivity contribution in [2.75, 3.05) is 0 Å². The minimum absolute atomic E-state index is 0.112. The summed E-state index contributed by atoms with van der Waals surface area (Å²) in [5.74, 6) is -3.73. The van der Waals surface area contributed by atoms with Crippen LogP contribution in [0.3, 0.4) is 0 Å². The first kappa shape index (κ1) is 19.7. The molecule has 146 valence electrons. The average molecular weight is 397 g/mol. The summed E-state index contributed by atoms with van der Waals surface area (Å²) in [5, 5.41) is 2.90. The van der Waals surface area contributed by atoms with E-state index in [2.05, 4.69) is 5.32 Å². The molecule has 27 heavy (non-hydrogen) atoms. The van der Waals surface area contributed by atoms with Gasteiger partial charge in [-0.05, 0) is 51.5 Å². The van der Waals surface area contributed by atoms with Crippen LogP contribution in [-0.4, -0.2) is 20.6 Å². The van der Waals surface area contributed by atoms with E-state index in [-0.39, 0.29) is 30.0 Å². The Bertz CT molecular complexity index is 972. The minimum Gasteiger partial charge on any atom is -0.351 e. The Morgan fingerprint density at radius 2 is 1.89 bits per heavy atom. The molecule has 1 atom stereocenters. The summed E-state index contributed by atoms with van der Waals surface area (Å²) in [5.41, 5.74) is 0.841. The zero-order valence-corrected chi connectivity index (χ0v) is 16.5. The lowest BCUT2D eigenvalue weighted by atomic mass is 9.95. The molecule has 0 bridgehead atoms. The molecule has 8 heteroatoms. The highest BCUT2D eigenvalue weighted by molar-refractivity contribution is 7.71. The number of amides is 1. The fraction of sp³-hybridized carbons (Fsp3) is 0.474. The normalized spacial score (nSPS) is 16.5. The molecule has 0 saturated heterocycles. The molecule has 3 rings (SSSR count). The van der Waals surface area contributed by atoms with Gasteiger partial charge in [-0.3, -0.25) is 4.79 Å². The zero-order chi connectivity index (χ0) is 20.1. The zero-order valence-electron chi connectivity index (χ0n) is 15.7. The van der Waals surface area contributed by atoms with Crippen LogP contribution in [0.5, 0.6) is 0 Å². The van der Waals surface area contributed by atoms with E-state index in [1.807, 2.05) is 20.8 Å². The van der Waals surface area contributed by atoms with Gasteiger partial charge in [-0.2, -0.15) is 0 Å². The van der Waals surface area contributed by atoms with E-state index in [1.165, 1.54) is 0 Å². The summed E-state index contributed by atoms with van der Waals surface area (Å²) in [6, 6.07) is 1.72. The van der Waals surface area contributed by atoms with Crippen LogP contribution in [0.2, 0.25) is 0 Å². The van der Waals surface area contributed by atoms with E-state index in [1.54, 1.807) is 16.2 Å². The molecule has 0 aliphatic carbocycles. The maximum absolute atomic E-state index is 14.2. The standard InChI is InChI=1S/C19H22F3N3OS/c1-19(2,3)23-15(26)8-13-14-7-10(9-25(14)18(27)24(13)4)16-11(20)5-6-12(21)17(16)22/h5-6,10H,7-9H2,1-4H3,(H,23,26). The van der Waals surface area contributed by atoms with Gasteiger partial charge >= 0.3 is 0 Å². The molecule has 0 radical (unpaired) electrons. The molecule has 1 unspecified atom stereocenters. The fourth-order valence-electron chi connectivity index (χ4n) is 3.64. The number of halogens is 3. The number of benzene rings is 1. The van der Waals surface area contributed by atoms with Crippen molar-refractivity contribution in [3.63, 3.8) is 0 Å². The molecule has 1 N–H and O–H groups in total. The number of hydrogen-bond donors (Lipinski definition) is 1. The number of nitrogens with one attached hydrogen (secondary N) is 1. The largest absolute Gasteiger partial charge is 0.351 e. The Kier molecular flexibility index (Phi) is 4.96. The van der Waals surface area contributed by atoms with Gasteiger partial charge in [0.25, 0.3) is 0 Å². The Morgan fingerprint density at radius 3 is 2.52 bits per heavy atom. The van der Waals surface area contributed by atoms with Crippen molar-refractivity contribution in [2.45, 2.75) is 51.6 Å². The Morgan fingerprint density at radius 1 is 1.26 bits per heavy atom. The lowest BCUT2D eigenvalue weighted by Gasteiger charge is -2.20. The van der Waals surface area contributed by atoms with E-state index in [9.17, 15) is 18.0 Å². The van der Waals surface area contributed by atoms with Gasteiger partial charge in [0.2, 0.25) is 5.91 Å². The second-order valence-corrected chi connectivity index (χ2v) is 8.34. The van der Waals surface area contributed by atoms with Crippen LogP contribution in [0.1, 0.15) is 43.6 Å². The lowest BCUT2D eigenvalue weighted by Crippen LogP contribution is -2.41. The van der Waals surface area contributed by atoms with Gasteiger partial charge in [0.1, 0.15) is 5.82 Å². The van der Waals surface area contributed by atoms with Gasteiger partial charge in [0.05, 0.1) is 6.42 Å². The van der Waals surface area contributed by atoms with Gasteiger partial charge in [-0.15, -0.1) is 0 Å². The summed E-state index contributed by atoms with van der Waals surface area (Å²) in [6.07, 6.45) is 0.403. The maximum Gasteiger partial charge on any atom is 0.226 e. The van der Waals surface area contributed by atoms with Crippen molar-refractivity contribution in [1.29, 1.82) is 0 Å². The summed E-state index contributed by atoms with van der Waals surface area (Å²) in [6.45, 7) is 5.91. The van der Waals surface area contributed by atoms with Crippen LogP contribution in [0.25, 0.3) is 0 Å². The Labute approximate surface area is 161 Å². The molecule has 1 aliphatic heterocycles. The number of rotatable bonds is 3. The van der Waals surface area contributed by atoms with Gasteiger partial charge in [0, 0.05) is 42.0 Å². The monoisotopic (exact) mass is 397 g/mol. The lowest BCUT2D eigenvalue weighted by molar-refractivity contribution is -0.121. The predicted molar refractivity (Wildman–Crippen MR) is 98.6 cm³/mol. The highest BCUT2D eigenvalue weighted by atomic mass is 32.1. The van der Waals surface area contributed by atoms with E-state index < -0.39 is 23.4 Å². The third-order valence-electron chi connectivity index (χ3n) is 4.75. The molecule has 1 aromatic carbocycles. The van der Waals surface area contributed by atoms with Gasteiger partial charge < -0.3 is 14.5 Å². The van der Waals surface area contributed by atoms with Crippen LogP contribution in [0.4, 0.5) is 13.2 Å². The molecule has 2 aromatic rings. The molecule has 0 fully saturated rings. The molecule has 1 aromatic heterocycles. The molecule has 2 heterocycles. The summed E-state index contributed by atoms with van der Waals surface area (Å²) >= 11 is 5.43. The summed E-state index contributed by atoms with van der Waals surface area (Å²) in [7, 11) is 1.77. The first-order valence-electron chi connectivity index (χ1n) is 8.71. The molecule has 1 aliphatic rings. The van der Waals surface area contributed by atoms with Crippen molar-refractivity contribution in [2.24, 2.45) is 7.05 Å². The van der Waals surface area contributed by atoms with Crippen LogP contribution < -0.4 is 5.32 Å². The molecule has 0 saturated carbocycles. The number of carbonyl (C=O) groups is 1. The van der Waals surface area contributed by atoms with Crippen molar-refractivity contribution in [3.05, 3.63) is 51.3 Å². The van der Waals surface area contributed by atoms with E-state index in [0.717, 1.165) is 17.8 Å².